The molecule has 0 saturated carbocycles. The highest BCUT2D eigenvalue weighted by Crippen LogP contribution is 2.20. The SMILES string of the molecule is Cc1cncc(C(=O)Nc2cccc(C)c2/C(N)=N/O)c1. The van der Waals surface area contributed by atoms with Crippen molar-refractivity contribution in [2.45, 2.75) is 13.8 Å². The molecule has 0 unspecified atom stereocenters. The van der Waals surface area contributed by atoms with Gasteiger partial charge >= 0.3 is 0 Å². The molecule has 0 fully saturated rings. The molecule has 0 atom stereocenters. The first-order chi connectivity index (χ1) is 10.0. The van der Waals surface area contributed by atoms with Crippen molar-refractivity contribution in [3.05, 3.63) is 58.9 Å². The maximum Gasteiger partial charge on any atom is 0.257 e. The van der Waals surface area contributed by atoms with Crippen molar-refractivity contribution in [3.8, 4) is 0 Å². The minimum absolute atomic E-state index is 0.0502. The molecule has 0 aliphatic rings. The summed E-state index contributed by atoms with van der Waals surface area (Å²) in [5, 5.41) is 14.6. The number of nitrogens with two attached hydrogens (primary N) is 1. The van der Waals surface area contributed by atoms with Crippen LogP contribution in [0.3, 0.4) is 0 Å². The molecule has 1 aromatic heterocycles. The lowest BCUT2D eigenvalue weighted by atomic mass is 10.1. The number of rotatable bonds is 3. The quantitative estimate of drug-likeness (QED) is 0.347. The van der Waals surface area contributed by atoms with Gasteiger partial charge < -0.3 is 16.3 Å². The van der Waals surface area contributed by atoms with E-state index < -0.39 is 0 Å². The number of carbonyl (C=O) groups is 1. The molecule has 0 radical (unpaired) electrons. The van der Waals surface area contributed by atoms with E-state index in [1.54, 1.807) is 24.4 Å². The van der Waals surface area contributed by atoms with Crippen LogP contribution in [-0.2, 0) is 0 Å². The summed E-state index contributed by atoms with van der Waals surface area (Å²) in [6, 6.07) is 7.04. The van der Waals surface area contributed by atoms with E-state index in [1.165, 1.54) is 6.20 Å². The number of amides is 1. The summed E-state index contributed by atoms with van der Waals surface area (Å²) < 4.78 is 0. The zero-order valence-electron chi connectivity index (χ0n) is 11.8. The van der Waals surface area contributed by atoms with Crippen LogP contribution in [-0.4, -0.2) is 21.9 Å². The van der Waals surface area contributed by atoms with Gasteiger partial charge in [0.25, 0.3) is 5.91 Å². The third-order valence-corrected chi connectivity index (χ3v) is 3.02. The predicted molar refractivity (Wildman–Crippen MR) is 80.6 cm³/mol. The highest BCUT2D eigenvalue weighted by atomic mass is 16.4. The summed E-state index contributed by atoms with van der Waals surface area (Å²) >= 11 is 0. The van der Waals surface area contributed by atoms with Crippen LogP contribution in [0.5, 0.6) is 0 Å². The van der Waals surface area contributed by atoms with Gasteiger partial charge in [0.15, 0.2) is 5.84 Å². The maximum absolute atomic E-state index is 12.2. The molecule has 108 valence electrons. The number of carbonyl (C=O) groups excluding carboxylic acids is 1. The normalized spacial score (nSPS) is 11.2. The van der Waals surface area contributed by atoms with Crippen LogP contribution in [0.1, 0.15) is 27.0 Å². The van der Waals surface area contributed by atoms with Gasteiger partial charge in [-0.1, -0.05) is 17.3 Å². The van der Waals surface area contributed by atoms with Crippen LogP contribution in [0.25, 0.3) is 0 Å². The first-order valence-electron chi connectivity index (χ1n) is 6.33. The van der Waals surface area contributed by atoms with Crippen LogP contribution in [0, 0.1) is 13.8 Å². The molecule has 1 heterocycles. The number of hydrogen-bond acceptors (Lipinski definition) is 4. The highest BCUT2D eigenvalue weighted by Gasteiger charge is 2.14. The van der Waals surface area contributed by atoms with Crippen molar-refractivity contribution in [1.29, 1.82) is 0 Å². The summed E-state index contributed by atoms with van der Waals surface area (Å²) in [6.07, 6.45) is 3.16. The maximum atomic E-state index is 12.2. The number of nitrogens with one attached hydrogen (secondary N) is 1. The molecule has 0 aliphatic carbocycles. The van der Waals surface area contributed by atoms with Crippen molar-refractivity contribution in [1.82, 2.24) is 4.98 Å². The zero-order valence-corrected chi connectivity index (χ0v) is 11.8. The Balaban J connectivity index is 2.36. The lowest BCUT2D eigenvalue weighted by Crippen LogP contribution is -2.20. The Morgan fingerprint density at radius 2 is 2.10 bits per heavy atom. The largest absolute Gasteiger partial charge is 0.409 e. The number of oxime groups is 1. The van der Waals surface area contributed by atoms with E-state index in [2.05, 4.69) is 15.5 Å². The number of nitrogens with zero attached hydrogens (tertiary/aromatic N) is 2. The van der Waals surface area contributed by atoms with Crippen molar-refractivity contribution in [2.75, 3.05) is 5.32 Å². The van der Waals surface area contributed by atoms with Crippen LogP contribution < -0.4 is 11.1 Å². The molecule has 2 rings (SSSR count). The van der Waals surface area contributed by atoms with Gasteiger partial charge in [-0.2, -0.15) is 0 Å². The van der Waals surface area contributed by atoms with Gasteiger partial charge in [-0.25, -0.2) is 0 Å². The molecular formula is C15H16N4O2. The number of pyridine rings is 1. The molecule has 0 saturated heterocycles. The van der Waals surface area contributed by atoms with Gasteiger partial charge in [0.2, 0.25) is 0 Å². The van der Waals surface area contributed by atoms with Gasteiger partial charge in [-0.15, -0.1) is 0 Å². The number of benzene rings is 1. The fraction of sp³-hybridized carbons (Fsp3) is 0.133. The molecule has 6 nitrogen and oxygen atoms in total. The minimum Gasteiger partial charge on any atom is -0.409 e. The Labute approximate surface area is 122 Å². The van der Waals surface area contributed by atoms with E-state index in [-0.39, 0.29) is 11.7 Å². The van der Waals surface area contributed by atoms with Gasteiger partial charge in [0.1, 0.15) is 0 Å². The topological polar surface area (TPSA) is 101 Å². The Bertz CT molecular complexity index is 711. The van der Waals surface area contributed by atoms with E-state index >= 15 is 0 Å². The first-order valence-corrected chi connectivity index (χ1v) is 6.33. The van der Waals surface area contributed by atoms with Crippen LogP contribution in [0.4, 0.5) is 5.69 Å². The molecular weight excluding hydrogens is 268 g/mol. The van der Waals surface area contributed by atoms with Gasteiger partial charge in [0.05, 0.1) is 11.3 Å². The zero-order chi connectivity index (χ0) is 15.4. The number of hydrogen-bond donors (Lipinski definition) is 3. The van der Waals surface area contributed by atoms with Crippen molar-refractivity contribution in [3.63, 3.8) is 0 Å². The van der Waals surface area contributed by atoms with Crippen LogP contribution in [0.15, 0.2) is 41.8 Å². The van der Waals surface area contributed by atoms with Crippen molar-refractivity contribution >= 4 is 17.4 Å². The van der Waals surface area contributed by atoms with E-state index in [0.717, 1.165) is 11.1 Å². The fourth-order valence-corrected chi connectivity index (χ4v) is 2.04. The Hall–Kier alpha value is -2.89. The second-order valence-electron chi connectivity index (χ2n) is 4.69. The lowest BCUT2D eigenvalue weighted by Gasteiger charge is -2.12. The molecule has 0 aliphatic heterocycles. The Kier molecular flexibility index (Phi) is 4.18. The molecule has 0 bridgehead atoms. The van der Waals surface area contributed by atoms with Gasteiger partial charge in [-0.05, 0) is 37.1 Å². The molecule has 21 heavy (non-hydrogen) atoms. The lowest BCUT2D eigenvalue weighted by molar-refractivity contribution is 0.102. The van der Waals surface area contributed by atoms with Gasteiger partial charge in [-0.3, -0.25) is 9.78 Å². The van der Waals surface area contributed by atoms with Crippen LogP contribution >= 0.6 is 0 Å². The monoisotopic (exact) mass is 284 g/mol. The third kappa shape index (κ3) is 3.17. The van der Waals surface area contributed by atoms with E-state index in [1.807, 2.05) is 19.9 Å². The van der Waals surface area contributed by atoms with Crippen molar-refractivity contribution < 1.29 is 10.0 Å². The number of anilines is 1. The summed E-state index contributed by atoms with van der Waals surface area (Å²) in [7, 11) is 0. The first kappa shape index (κ1) is 14.5. The summed E-state index contributed by atoms with van der Waals surface area (Å²) in [5.74, 6) is -0.352. The Morgan fingerprint density at radius 3 is 2.76 bits per heavy atom. The molecule has 4 N–H and O–H groups in total. The minimum atomic E-state index is -0.302. The standard InChI is InChI=1S/C15H16N4O2/c1-9-6-11(8-17-7-9)15(20)18-12-5-3-4-10(2)13(12)14(16)19-21/h3-8,21H,1-2H3,(H2,16,19)(H,18,20). The second-order valence-corrected chi connectivity index (χ2v) is 4.69. The van der Waals surface area contributed by atoms with E-state index in [9.17, 15) is 4.79 Å². The predicted octanol–water partition coefficient (Wildman–Crippen LogP) is 2.05. The third-order valence-electron chi connectivity index (χ3n) is 3.02. The summed E-state index contributed by atoms with van der Waals surface area (Å²) in [6.45, 7) is 3.68. The smallest absolute Gasteiger partial charge is 0.257 e. The average Bonchev–Trinajstić information content (AvgIpc) is 2.46. The fourth-order valence-electron chi connectivity index (χ4n) is 2.04. The number of aryl methyl sites for hydroxylation is 2. The molecule has 6 heteroatoms. The van der Waals surface area contributed by atoms with Gasteiger partial charge in [0, 0.05) is 18.0 Å². The summed E-state index contributed by atoms with van der Waals surface area (Å²) in [4.78, 5) is 16.2. The van der Waals surface area contributed by atoms with Crippen molar-refractivity contribution in [2.24, 2.45) is 10.9 Å². The molecule has 1 aromatic carbocycles. The average molecular weight is 284 g/mol. The Morgan fingerprint density at radius 1 is 1.33 bits per heavy atom. The summed E-state index contributed by atoms with van der Waals surface area (Å²) in [5.41, 5.74) is 8.78. The number of aromatic nitrogens is 1. The second kappa shape index (κ2) is 6.04. The number of amidine groups is 1. The van der Waals surface area contributed by atoms with E-state index in [0.29, 0.717) is 16.8 Å². The molecule has 1 amide bonds. The van der Waals surface area contributed by atoms with E-state index in [4.69, 9.17) is 10.9 Å². The highest BCUT2D eigenvalue weighted by molar-refractivity contribution is 6.10. The molecule has 0 spiro atoms. The van der Waals surface area contributed by atoms with Crippen LogP contribution in [0.2, 0.25) is 0 Å². The molecule has 2 aromatic rings.